The van der Waals surface area contributed by atoms with E-state index >= 15 is 0 Å². The van der Waals surface area contributed by atoms with Crippen molar-refractivity contribution in [1.82, 2.24) is 0 Å². The molecule has 0 aromatic carbocycles. The molecule has 1 N–H and O–H groups in total. The van der Waals surface area contributed by atoms with Crippen molar-refractivity contribution < 1.29 is 5.11 Å². The predicted molar refractivity (Wildman–Crippen MR) is 128 cm³/mol. The molecule has 1 heteroatoms. The van der Waals surface area contributed by atoms with Crippen molar-refractivity contribution in [2.45, 2.75) is 118 Å². The maximum absolute atomic E-state index is 10.3. The molecule has 0 radical (unpaired) electrons. The van der Waals surface area contributed by atoms with Crippen molar-refractivity contribution in [3.8, 4) is 0 Å². The molecule has 0 heterocycles. The van der Waals surface area contributed by atoms with Gasteiger partial charge in [-0.15, -0.1) is 0 Å². The average Bonchev–Trinajstić information content (AvgIpc) is 3.06. The lowest BCUT2D eigenvalue weighted by atomic mass is 9.44. The first-order chi connectivity index (χ1) is 14.2. The molecule has 4 saturated carbocycles. The van der Waals surface area contributed by atoms with Gasteiger partial charge in [-0.1, -0.05) is 46.3 Å². The van der Waals surface area contributed by atoms with Gasteiger partial charge >= 0.3 is 0 Å². The van der Waals surface area contributed by atoms with E-state index in [0.717, 1.165) is 48.3 Å². The van der Waals surface area contributed by atoms with Gasteiger partial charge in [0.05, 0.1) is 6.10 Å². The van der Waals surface area contributed by atoms with E-state index in [1.165, 1.54) is 57.8 Å². The van der Waals surface area contributed by atoms with Gasteiger partial charge in [0.25, 0.3) is 0 Å². The van der Waals surface area contributed by atoms with Gasteiger partial charge in [-0.3, -0.25) is 0 Å². The second-order valence-electron chi connectivity index (χ2n) is 12.8. The van der Waals surface area contributed by atoms with Crippen molar-refractivity contribution in [2.75, 3.05) is 0 Å². The standard InChI is InChI=1S/C29H50O/c1-7-21(19(2)3)9-8-20(4)25-12-13-26-24-11-10-22-18-23(30)14-16-28(22,5)27(24)15-17-29(25,26)6/h7,19-20,22-27,30H,8-18H2,1-6H3/t20-,22+,23-,24+,25-,26+,27+,28+,29-/m1/s1. The summed E-state index contributed by atoms with van der Waals surface area (Å²) >= 11 is 0. The highest BCUT2D eigenvalue weighted by Gasteiger charge is 2.60. The molecule has 4 fully saturated rings. The Bertz CT molecular complexity index is 634. The van der Waals surface area contributed by atoms with Crippen molar-refractivity contribution in [2.24, 2.45) is 52.3 Å². The lowest BCUT2D eigenvalue weighted by molar-refractivity contribution is -0.129. The van der Waals surface area contributed by atoms with Crippen LogP contribution in [-0.4, -0.2) is 11.2 Å². The molecular formula is C29H50O. The maximum atomic E-state index is 10.3. The molecule has 9 atom stereocenters. The number of fused-ring (bicyclic) bond motifs is 5. The molecule has 0 bridgehead atoms. The van der Waals surface area contributed by atoms with Gasteiger partial charge < -0.3 is 5.11 Å². The van der Waals surface area contributed by atoms with Crippen LogP contribution in [0.25, 0.3) is 0 Å². The zero-order valence-electron chi connectivity index (χ0n) is 20.9. The molecule has 4 aliphatic carbocycles. The first-order valence-corrected chi connectivity index (χ1v) is 13.5. The molecule has 0 unspecified atom stereocenters. The van der Waals surface area contributed by atoms with Crippen LogP contribution in [0, 0.1) is 52.3 Å². The monoisotopic (exact) mass is 414 g/mol. The van der Waals surface area contributed by atoms with Gasteiger partial charge in [0, 0.05) is 0 Å². The van der Waals surface area contributed by atoms with E-state index in [4.69, 9.17) is 0 Å². The number of hydrogen-bond acceptors (Lipinski definition) is 1. The zero-order chi connectivity index (χ0) is 21.7. The normalized spacial score (nSPS) is 47.5. The molecule has 0 aromatic heterocycles. The lowest BCUT2D eigenvalue weighted by Gasteiger charge is -2.61. The van der Waals surface area contributed by atoms with Gasteiger partial charge in [0.1, 0.15) is 0 Å². The Morgan fingerprint density at radius 1 is 0.933 bits per heavy atom. The number of aliphatic hydroxyl groups excluding tert-OH is 1. The summed E-state index contributed by atoms with van der Waals surface area (Å²) in [7, 11) is 0. The maximum Gasteiger partial charge on any atom is 0.0543 e. The van der Waals surface area contributed by atoms with E-state index in [-0.39, 0.29) is 6.10 Å². The third-order valence-corrected chi connectivity index (χ3v) is 11.4. The van der Waals surface area contributed by atoms with Gasteiger partial charge in [0.15, 0.2) is 0 Å². The van der Waals surface area contributed by atoms with Gasteiger partial charge in [-0.25, -0.2) is 0 Å². The van der Waals surface area contributed by atoms with Crippen LogP contribution in [-0.2, 0) is 0 Å². The predicted octanol–water partition coefficient (Wildman–Crippen LogP) is 8.02. The van der Waals surface area contributed by atoms with E-state index < -0.39 is 0 Å². The Kier molecular flexibility index (Phi) is 6.53. The quantitative estimate of drug-likeness (QED) is 0.451. The highest BCUT2D eigenvalue weighted by atomic mass is 16.3. The number of allylic oxidation sites excluding steroid dienone is 2. The van der Waals surface area contributed by atoms with Crippen LogP contribution in [0.2, 0.25) is 0 Å². The van der Waals surface area contributed by atoms with Gasteiger partial charge in [0.2, 0.25) is 0 Å². The second-order valence-corrected chi connectivity index (χ2v) is 12.8. The van der Waals surface area contributed by atoms with E-state index in [2.05, 4.69) is 47.6 Å². The highest BCUT2D eigenvalue weighted by molar-refractivity contribution is 5.10. The first kappa shape index (κ1) is 22.9. The topological polar surface area (TPSA) is 20.2 Å². The fourth-order valence-electron chi connectivity index (χ4n) is 9.57. The molecule has 1 nitrogen and oxygen atoms in total. The Labute approximate surface area is 187 Å². The van der Waals surface area contributed by atoms with E-state index in [0.29, 0.717) is 16.7 Å². The van der Waals surface area contributed by atoms with E-state index in [1.807, 2.05) is 0 Å². The fourth-order valence-corrected chi connectivity index (χ4v) is 9.57. The third-order valence-electron chi connectivity index (χ3n) is 11.4. The summed E-state index contributed by atoms with van der Waals surface area (Å²) in [4.78, 5) is 0. The van der Waals surface area contributed by atoms with E-state index in [9.17, 15) is 5.11 Å². The van der Waals surface area contributed by atoms with Crippen LogP contribution in [0.4, 0.5) is 0 Å². The molecule has 0 saturated heterocycles. The van der Waals surface area contributed by atoms with Gasteiger partial charge in [-0.05, 0) is 130 Å². The molecule has 0 spiro atoms. The van der Waals surface area contributed by atoms with Crippen LogP contribution < -0.4 is 0 Å². The molecule has 0 aliphatic heterocycles. The minimum Gasteiger partial charge on any atom is -0.393 e. The summed E-state index contributed by atoms with van der Waals surface area (Å²) in [6, 6.07) is 0. The molecule has 30 heavy (non-hydrogen) atoms. The molecule has 0 amide bonds. The summed E-state index contributed by atoms with van der Waals surface area (Å²) in [5.41, 5.74) is 2.77. The molecule has 4 aliphatic rings. The minimum atomic E-state index is -0.0157. The average molecular weight is 415 g/mol. The Morgan fingerprint density at radius 3 is 2.33 bits per heavy atom. The Hall–Kier alpha value is -0.300. The second kappa shape index (κ2) is 8.57. The summed E-state index contributed by atoms with van der Waals surface area (Å²) in [5.74, 6) is 6.17. The SMILES string of the molecule is CC=C(CC[C@@H](C)[C@H]1CC[C@H]2[C@@H]3CC[C@H]4C[C@H](O)CC[C@]4(C)[C@H]3CC[C@]12C)C(C)C. The van der Waals surface area contributed by atoms with Crippen molar-refractivity contribution >= 4 is 0 Å². The van der Waals surface area contributed by atoms with Crippen LogP contribution in [0.15, 0.2) is 11.6 Å². The van der Waals surface area contributed by atoms with Crippen LogP contribution in [0.5, 0.6) is 0 Å². The fraction of sp³-hybridized carbons (Fsp3) is 0.931. The largest absolute Gasteiger partial charge is 0.393 e. The third kappa shape index (κ3) is 3.74. The van der Waals surface area contributed by atoms with Crippen molar-refractivity contribution in [1.29, 1.82) is 0 Å². The van der Waals surface area contributed by atoms with Crippen molar-refractivity contribution in [3.63, 3.8) is 0 Å². The molecular weight excluding hydrogens is 364 g/mol. The van der Waals surface area contributed by atoms with Gasteiger partial charge in [-0.2, -0.15) is 0 Å². The lowest BCUT2D eigenvalue weighted by Crippen LogP contribution is -2.54. The summed E-state index contributed by atoms with van der Waals surface area (Å²) in [6.07, 6.45) is 17.2. The minimum absolute atomic E-state index is 0.0157. The summed E-state index contributed by atoms with van der Waals surface area (Å²) < 4.78 is 0. The Morgan fingerprint density at radius 2 is 1.63 bits per heavy atom. The molecule has 172 valence electrons. The molecule has 4 rings (SSSR count). The number of aliphatic hydroxyl groups is 1. The summed E-state index contributed by atoms with van der Waals surface area (Å²) in [6.45, 7) is 14.9. The Balaban J connectivity index is 1.46. The number of hydrogen-bond donors (Lipinski definition) is 1. The van der Waals surface area contributed by atoms with Crippen molar-refractivity contribution in [3.05, 3.63) is 11.6 Å². The zero-order valence-corrected chi connectivity index (χ0v) is 20.9. The van der Waals surface area contributed by atoms with Crippen LogP contribution in [0.1, 0.15) is 112 Å². The summed E-state index contributed by atoms with van der Waals surface area (Å²) in [5, 5.41) is 10.3. The number of rotatable bonds is 5. The highest BCUT2D eigenvalue weighted by Crippen LogP contribution is 2.68. The van der Waals surface area contributed by atoms with Crippen LogP contribution >= 0.6 is 0 Å². The smallest absolute Gasteiger partial charge is 0.0543 e. The van der Waals surface area contributed by atoms with Crippen LogP contribution in [0.3, 0.4) is 0 Å². The first-order valence-electron chi connectivity index (χ1n) is 13.5. The van der Waals surface area contributed by atoms with E-state index in [1.54, 1.807) is 5.57 Å². The molecule has 0 aromatic rings.